The third-order valence-corrected chi connectivity index (χ3v) is 2.05. The molecule has 0 bridgehead atoms. The highest BCUT2D eigenvalue weighted by molar-refractivity contribution is 5.94. The van der Waals surface area contributed by atoms with Gasteiger partial charge in [-0.3, -0.25) is 4.79 Å². The Balaban J connectivity index is 3.07. The number of hydrogen-bond acceptors (Lipinski definition) is 2. The minimum atomic E-state index is 0.0217. The lowest BCUT2D eigenvalue weighted by Crippen LogP contribution is -1.94. The first kappa shape index (κ1) is 11.2. The van der Waals surface area contributed by atoms with Crippen LogP contribution in [0.15, 0.2) is 18.2 Å². The molecule has 1 aromatic carbocycles. The van der Waals surface area contributed by atoms with Crippen LogP contribution < -0.4 is 0 Å². The molecule has 0 spiro atoms. The predicted molar refractivity (Wildman–Crippen MR) is 58.7 cm³/mol. The van der Waals surface area contributed by atoms with E-state index >= 15 is 0 Å². The summed E-state index contributed by atoms with van der Waals surface area (Å²) >= 11 is 0. The van der Waals surface area contributed by atoms with Gasteiger partial charge >= 0.3 is 0 Å². The lowest BCUT2D eigenvalue weighted by atomic mass is 10.0. The van der Waals surface area contributed by atoms with Crippen molar-refractivity contribution < 1.29 is 9.59 Å². The monoisotopic (exact) mass is 200 g/mol. The van der Waals surface area contributed by atoms with E-state index in [0.29, 0.717) is 5.56 Å². The van der Waals surface area contributed by atoms with Gasteiger partial charge < -0.3 is 4.79 Å². The number of hydrogen-bond donors (Lipinski definition) is 0. The van der Waals surface area contributed by atoms with E-state index in [1.807, 2.05) is 13.0 Å². The Labute approximate surface area is 89.3 Å². The van der Waals surface area contributed by atoms with Gasteiger partial charge in [0.2, 0.25) is 0 Å². The van der Waals surface area contributed by atoms with Crippen molar-refractivity contribution in [3.8, 4) is 11.8 Å². The van der Waals surface area contributed by atoms with Crippen molar-refractivity contribution in [2.75, 3.05) is 0 Å². The zero-order chi connectivity index (χ0) is 11.3. The van der Waals surface area contributed by atoms with Crippen LogP contribution in [-0.2, 0) is 4.79 Å². The first-order valence-electron chi connectivity index (χ1n) is 4.69. The van der Waals surface area contributed by atoms with Crippen LogP contribution in [0.2, 0.25) is 0 Å². The van der Waals surface area contributed by atoms with Gasteiger partial charge in [0.15, 0.2) is 5.78 Å². The SMILES string of the molecule is CC(=O)c1ccc(C)c(C#CCC=O)c1. The van der Waals surface area contributed by atoms with Crippen molar-refractivity contribution in [1.29, 1.82) is 0 Å². The van der Waals surface area contributed by atoms with Crippen LogP contribution in [0, 0.1) is 18.8 Å². The molecule has 0 aromatic heterocycles. The van der Waals surface area contributed by atoms with E-state index in [-0.39, 0.29) is 12.2 Å². The molecule has 0 radical (unpaired) electrons. The molecule has 0 aliphatic rings. The van der Waals surface area contributed by atoms with Gasteiger partial charge in [-0.25, -0.2) is 0 Å². The average molecular weight is 200 g/mol. The molecule has 76 valence electrons. The predicted octanol–water partition coefficient (Wildman–Crippen LogP) is 2.14. The second-order valence-electron chi connectivity index (χ2n) is 3.26. The van der Waals surface area contributed by atoms with Crippen molar-refractivity contribution in [2.45, 2.75) is 20.3 Å². The van der Waals surface area contributed by atoms with Crippen LogP contribution in [0.4, 0.5) is 0 Å². The van der Waals surface area contributed by atoms with Crippen molar-refractivity contribution in [3.63, 3.8) is 0 Å². The van der Waals surface area contributed by atoms with Crippen molar-refractivity contribution in [2.24, 2.45) is 0 Å². The molecule has 0 N–H and O–H groups in total. The highest BCUT2D eigenvalue weighted by atomic mass is 16.1. The maximum atomic E-state index is 11.1. The number of aryl methyl sites for hydroxylation is 1. The quantitative estimate of drug-likeness (QED) is 0.416. The molecule has 0 saturated carbocycles. The van der Waals surface area contributed by atoms with Gasteiger partial charge in [-0.2, -0.15) is 0 Å². The fourth-order valence-corrected chi connectivity index (χ4v) is 1.16. The summed E-state index contributed by atoms with van der Waals surface area (Å²) in [7, 11) is 0. The summed E-state index contributed by atoms with van der Waals surface area (Å²) in [5.41, 5.74) is 2.47. The first-order chi connectivity index (χ1) is 7.15. The van der Waals surface area contributed by atoms with E-state index in [9.17, 15) is 9.59 Å². The Kier molecular flexibility index (Phi) is 3.82. The smallest absolute Gasteiger partial charge is 0.159 e. The van der Waals surface area contributed by atoms with E-state index < -0.39 is 0 Å². The van der Waals surface area contributed by atoms with Gasteiger partial charge in [0.1, 0.15) is 6.29 Å². The maximum Gasteiger partial charge on any atom is 0.159 e. The Bertz CT molecular complexity index is 447. The number of Topliss-reactive ketones (excluding diaryl/α,β-unsaturated/α-hetero) is 1. The zero-order valence-corrected chi connectivity index (χ0v) is 8.83. The van der Waals surface area contributed by atoms with Crippen LogP contribution in [0.5, 0.6) is 0 Å². The molecule has 1 rings (SSSR count). The van der Waals surface area contributed by atoms with Crippen molar-refractivity contribution in [3.05, 3.63) is 34.9 Å². The van der Waals surface area contributed by atoms with E-state index in [4.69, 9.17) is 0 Å². The molecule has 0 amide bonds. The zero-order valence-electron chi connectivity index (χ0n) is 8.83. The van der Waals surface area contributed by atoms with Gasteiger partial charge in [-0.1, -0.05) is 24.0 Å². The molecule has 1 aromatic rings. The average Bonchev–Trinajstić information content (AvgIpc) is 2.20. The van der Waals surface area contributed by atoms with Gasteiger partial charge in [-0.05, 0) is 25.5 Å². The molecular formula is C13H12O2. The van der Waals surface area contributed by atoms with Crippen LogP contribution in [-0.4, -0.2) is 12.1 Å². The van der Waals surface area contributed by atoms with Gasteiger partial charge in [0.05, 0.1) is 6.42 Å². The maximum absolute atomic E-state index is 11.1. The normalized spacial score (nSPS) is 8.93. The first-order valence-corrected chi connectivity index (χ1v) is 4.69. The molecule has 0 atom stereocenters. The number of aldehydes is 1. The Morgan fingerprint density at radius 3 is 2.80 bits per heavy atom. The number of carbonyl (C=O) groups excluding carboxylic acids is 2. The minimum absolute atomic E-state index is 0.0217. The summed E-state index contributed by atoms with van der Waals surface area (Å²) in [6.45, 7) is 3.45. The largest absolute Gasteiger partial charge is 0.302 e. The standard InChI is InChI=1S/C13H12O2/c1-10-6-7-13(11(2)15)9-12(10)5-3-4-8-14/h6-9H,4H2,1-2H3. The summed E-state index contributed by atoms with van der Waals surface area (Å²) in [6, 6.07) is 5.40. The molecule has 0 saturated heterocycles. The number of benzene rings is 1. The molecule has 0 heterocycles. The molecular weight excluding hydrogens is 188 g/mol. The molecule has 0 aliphatic heterocycles. The van der Waals surface area contributed by atoms with Crippen molar-refractivity contribution >= 4 is 12.1 Å². The number of ketones is 1. The number of rotatable bonds is 2. The third-order valence-electron chi connectivity index (χ3n) is 2.05. The van der Waals surface area contributed by atoms with E-state index in [2.05, 4.69) is 11.8 Å². The number of carbonyl (C=O) groups is 2. The molecule has 2 nitrogen and oxygen atoms in total. The van der Waals surface area contributed by atoms with E-state index in [1.54, 1.807) is 12.1 Å². The highest BCUT2D eigenvalue weighted by Gasteiger charge is 2.01. The van der Waals surface area contributed by atoms with Gasteiger partial charge in [-0.15, -0.1) is 0 Å². The fourth-order valence-electron chi connectivity index (χ4n) is 1.16. The van der Waals surface area contributed by atoms with Gasteiger partial charge in [0.25, 0.3) is 0 Å². The molecule has 0 unspecified atom stereocenters. The fraction of sp³-hybridized carbons (Fsp3) is 0.231. The van der Waals surface area contributed by atoms with Crippen LogP contribution in [0.1, 0.15) is 34.8 Å². The van der Waals surface area contributed by atoms with Gasteiger partial charge in [0, 0.05) is 11.1 Å². The third kappa shape index (κ3) is 3.07. The summed E-state index contributed by atoms with van der Waals surface area (Å²) < 4.78 is 0. The van der Waals surface area contributed by atoms with Crippen LogP contribution in [0.25, 0.3) is 0 Å². The molecule has 2 heteroatoms. The summed E-state index contributed by atoms with van der Waals surface area (Å²) in [5.74, 6) is 5.63. The Morgan fingerprint density at radius 2 is 2.20 bits per heavy atom. The van der Waals surface area contributed by atoms with E-state index in [1.165, 1.54) is 6.92 Å². The Hall–Kier alpha value is -1.88. The minimum Gasteiger partial charge on any atom is -0.302 e. The topological polar surface area (TPSA) is 34.1 Å². The molecule has 15 heavy (non-hydrogen) atoms. The van der Waals surface area contributed by atoms with Crippen LogP contribution >= 0.6 is 0 Å². The lowest BCUT2D eigenvalue weighted by Gasteiger charge is -2.00. The second kappa shape index (κ2) is 5.11. The van der Waals surface area contributed by atoms with Crippen LogP contribution in [0.3, 0.4) is 0 Å². The molecule has 0 aliphatic carbocycles. The summed E-state index contributed by atoms with van der Waals surface area (Å²) in [4.78, 5) is 21.2. The van der Waals surface area contributed by atoms with Crippen molar-refractivity contribution in [1.82, 2.24) is 0 Å². The highest BCUT2D eigenvalue weighted by Crippen LogP contribution is 2.10. The Morgan fingerprint density at radius 1 is 1.47 bits per heavy atom. The van der Waals surface area contributed by atoms with E-state index in [0.717, 1.165) is 17.4 Å². The summed E-state index contributed by atoms with van der Waals surface area (Å²) in [5, 5.41) is 0. The summed E-state index contributed by atoms with van der Waals surface area (Å²) in [6.07, 6.45) is 0.987. The second-order valence-corrected chi connectivity index (χ2v) is 3.26. The molecule has 0 fully saturated rings. The lowest BCUT2D eigenvalue weighted by molar-refractivity contribution is -0.107.